The van der Waals surface area contributed by atoms with Crippen molar-refractivity contribution in [2.45, 2.75) is 6.92 Å². The molecule has 3 aromatic heterocycles. The lowest BCUT2D eigenvalue weighted by atomic mass is 10.2. The summed E-state index contributed by atoms with van der Waals surface area (Å²) in [6.07, 6.45) is 1.61. The third-order valence-electron chi connectivity index (χ3n) is 2.87. The Labute approximate surface area is 126 Å². The number of hydrogen-bond donors (Lipinski definition) is 1. The highest BCUT2D eigenvalue weighted by molar-refractivity contribution is 7.21. The fourth-order valence-electron chi connectivity index (χ4n) is 2.08. The first kappa shape index (κ1) is 12.1. The summed E-state index contributed by atoms with van der Waals surface area (Å²) in [5.41, 5.74) is 6.75. The van der Waals surface area contributed by atoms with Crippen LogP contribution >= 0.6 is 34.0 Å². The molecule has 2 N–H and O–H groups in total. The van der Waals surface area contributed by atoms with E-state index in [1.54, 1.807) is 28.9 Å². The molecule has 0 bridgehead atoms. The molecule has 0 atom stereocenters. The van der Waals surface area contributed by atoms with Crippen molar-refractivity contribution in [2.24, 2.45) is 0 Å². The van der Waals surface area contributed by atoms with Crippen LogP contribution in [0.25, 0.3) is 20.3 Å². The minimum atomic E-state index is 0.565. The molecule has 3 heterocycles. The van der Waals surface area contributed by atoms with Gasteiger partial charge in [-0.25, -0.2) is 9.97 Å². The van der Waals surface area contributed by atoms with E-state index < -0.39 is 0 Å². The number of hydrogen-bond acceptors (Lipinski definition) is 7. The van der Waals surface area contributed by atoms with Gasteiger partial charge in [0.2, 0.25) is 0 Å². The van der Waals surface area contributed by atoms with Crippen LogP contribution in [0.15, 0.2) is 23.7 Å². The van der Waals surface area contributed by atoms with Crippen molar-refractivity contribution in [1.29, 1.82) is 0 Å². The van der Waals surface area contributed by atoms with E-state index in [9.17, 15) is 0 Å². The molecule has 7 heteroatoms. The van der Waals surface area contributed by atoms with Crippen molar-refractivity contribution in [1.82, 2.24) is 9.97 Å². The number of rotatable bonds is 2. The average Bonchev–Trinajstić information content (AvgIpc) is 3.08. The van der Waals surface area contributed by atoms with Gasteiger partial charge in [0.05, 0.1) is 26.1 Å². The molecule has 4 aromatic rings. The van der Waals surface area contributed by atoms with Crippen LogP contribution in [-0.2, 0) is 0 Å². The minimum absolute atomic E-state index is 0.565. The monoisotopic (exact) mass is 319 g/mol. The quantitative estimate of drug-likeness (QED) is 0.584. The summed E-state index contributed by atoms with van der Waals surface area (Å²) in [5, 5.41) is 5.40. The van der Waals surface area contributed by atoms with Crippen molar-refractivity contribution in [2.75, 3.05) is 5.73 Å². The number of nitrogens with two attached hydrogens (primary N) is 1. The second-order valence-corrected chi connectivity index (χ2v) is 7.42. The minimum Gasteiger partial charge on any atom is -0.430 e. The van der Waals surface area contributed by atoms with Gasteiger partial charge in [-0.15, -0.1) is 22.7 Å². The standard InChI is InChI=1S/C13H9N3OS3/c1-6-16-11-9(19-6)4-8(7-2-3-18-12(7)11)17-13-15-5-10(14)20-13/h2-5H,14H2,1H3. The topological polar surface area (TPSA) is 61.0 Å². The van der Waals surface area contributed by atoms with Gasteiger partial charge < -0.3 is 10.5 Å². The first-order valence-corrected chi connectivity index (χ1v) is 8.38. The van der Waals surface area contributed by atoms with Crippen molar-refractivity contribution < 1.29 is 4.74 Å². The van der Waals surface area contributed by atoms with Crippen LogP contribution < -0.4 is 10.5 Å². The molecule has 0 unspecified atom stereocenters. The summed E-state index contributed by atoms with van der Waals surface area (Å²) >= 11 is 4.70. The fraction of sp³-hybridized carbons (Fsp3) is 0.0769. The molecular formula is C13H9N3OS3. The van der Waals surface area contributed by atoms with Crippen LogP contribution in [0.3, 0.4) is 0 Å². The van der Waals surface area contributed by atoms with Crippen LogP contribution in [0, 0.1) is 6.92 Å². The van der Waals surface area contributed by atoms with Gasteiger partial charge in [0.1, 0.15) is 10.8 Å². The number of fused-ring (bicyclic) bond motifs is 3. The highest BCUT2D eigenvalue weighted by Crippen LogP contribution is 2.41. The molecule has 0 saturated carbocycles. The normalized spacial score (nSPS) is 11.4. The molecule has 0 fully saturated rings. The zero-order valence-electron chi connectivity index (χ0n) is 10.4. The molecule has 0 spiro atoms. The van der Waals surface area contributed by atoms with Gasteiger partial charge in [-0.3, -0.25) is 0 Å². The Morgan fingerprint density at radius 1 is 1.30 bits per heavy atom. The number of aryl methyl sites for hydroxylation is 1. The fourth-order valence-corrected chi connectivity index (χ4v) is 4.46. The molecule has 0 aliphatic carbocycles. The molecule has 100 valence electrons. The Morgan fingerprint density at radius 3 is 3.00 bits per heavy atom. The molecule has 0 aliphatic heterocycles. The molecule has 0 saturated heterocycles. The number of nitrogens with zero attached hydrogens (tertiary/aromatic N) is 2. The number of nitrogen functional groups attached to an aromatic ring is 1. The van der Waals surface area contributed by atoms with Gasteiger partial charge in [0, 0.05) is 11.5 Å². The number of ether oxygens (including phenoxy) is 1. The van der Waals surface area contributed by atoms with Crippen LogP contribution in [0.4, 0.5) is 5.00 Å². The third kappa shape index (κ3) is 1.86. The third-order valence-corrected chi connectivity index (χ3v) is 5.41. The maximum absolute atomic E-state index is 5.90. The highest BCUT2D eigenvalue weighted by Gasteiger charge is 2.14. The molecule has 0 amide bonds. The molecule has 4 nitrogen and oxygen atoms in total. The summed E-state index contributed by atoms with van der Waals surface area (Å²) in [6, 6.07) is 4.09. The van der Waals surface area contributed by atoms with E-state index in [1.807, 2.05) is 13.0 Å². The van der Waals surface area contributed by atoms with Gasteiger partial charge in [-0.2, -0.15) is 0 Å². The average molecular weight is 319 g/mol. The van der Waals surface area contributed by atoms with E-state index in [4.69, 9.17) is 10.5 Å². The Balaban J connectivity index is 1.94. The lowest BCUT2D eigenvalue weighted by molar-refractivity contribution is 0.485. The van der Waals surface area contributed by atoms with E-state index in [2.05, 4.69) is 21.4 Å². The maximum Gasteiger partial charge on any atom is 0.280 e. The van der Waals surface area contributed by atoms with E-state index in [0.29, 0.717) is 10.2 Å². The van der Waals surface area contributed by atoms with Crippen LogP contribution in [0.2, 0.25) is 0 Å². The SMILES string of the molecule is Cc1nc2c(cc(Oc3ncc(N)s3)c3ccsc32)s1. The van der Waals surface area contributed by atoms with Crippen molar-refractivity contribution in [3.05, 3.63) is 28.7 Å². The zero-order valence-corrected chi connectivity index (χ0v) is 12.9. The predicted molar refractivity (Wildman–Crippen MR) is 86.3 cm³/mol. The van der Waals surface area contributed by atoms with E-state index >= 15 is 0 Å². The molecule has 4 rings (SSSR count). The second kappa shape index (κ2) is 4.41. The number of anilines is 1. The number of thiophene rings is 1. The summed E-state index contributed by atoms with van der Waals surface area (Å²) in [4.78, 5) is 8.76. The Hall–Kier alpha value is -1.70. The van der Waals surface area contributed by atoms with Gasteiger partial charge in [0.15, 0.2) is 0 Å². The van der Waals surface area contributed by atoms with Crippen molar-refractivity contribution >= 4 is 59.3 Å². The predicted octanol–water partition coefficient (Wildman–Crippen LogP) is 4.65. The van der Waals surface area contributed by atoms with E-state index in [0.717, 1.165) is 31.1 Å². The van der Waals surface area contributed by atoms with Gasteiger partial charge >= 0.3 is 0 Å². The smallest absolute Gasteiger partial charge is 0.280 e. The summed E-state index contributed by atoms with van der Waals surface area (Å²) < 4.78 is 8.20. The summed E-state index contributed by atoms with van der Waals surface area (Å²) in [6.45, 7) is 2.02. The molecule has 1 aromatic carbocycles. The van der Waals surface area contributed by atoms with Crippen LogP contribution in [0.5, 0.6) is 10.9 Å². The number of aromatic nitrogens is 2. The first-order chi connectivity index (χ1) is 9.70. The lowest BCUT2D eigenvalue weighted by Crippen LogP contribution is -1.83. The second-order valence-electron chi connectivity index (χ2n) is 4.25. The van der Waals surface area contributed by atoms with Crippen molar-refractivity contribution in [3.63, 3.8) is 0 Å². The molecule has 0 aliphatic rings. The molecular weight excluding hydrogens is 310 g/mol. The van der Waals surface area contributed by atoms with Gasteiger partial charge in [0.25, 0.3) is 5.19 Å². The van der Waals surface area contributed by atoms with E-state index in [1.165, 1.54) is 11.3 Å². The molecule has 20 heavy (non-hydrogen) atoms. The first-order valence-electron chi connectivity index (χ1n) is 5.87. The van der Waals surface area contributed by atoms with E-state index in [-0.39, 0.29) is 0 Å². The largest absolute Gasteiger partial charge is 0.430 e. The van der Waals surface area contributed by atoms with Crippen molar-refractivity contribution in [3.8, 4) is 10.9 Å². The Bertz CT molecular complexity index is 922. The number of benzene rings is 1. The van der Waals surface area contributed by atoms with Crippen LogP contribution in [0.1, 0.15) is 5.01 Å². The zero-order chi connectivity index (χ0) is 13.7. The van der Waals surface area contributed by atoms with Gasteiger partial charge in [-0.1, -0.05) is 11.3 Å². The number of thiazole rings is 2. The summed E-state index contributed by atoms with van der Waals surface area (Å²) in [5.74, 6) is 0.812. The Morgan fingerprint density at radius 2 is 2.20 bits per heavy atom. The van der Waals surface area contributed by atoms with Gasteiger partial charge in [-0.05, 0) is 18.4 Å². The Kier molecular flexibility index (Phi) is 2.66. The highest BCUT2D eigenvalue weighted by atomic mass is 32.1. The molecule has 0 radical (unpaired) electrons. The lowest BCUT2D eigenvalue weighted by Gasteiger charge is -2.03. The van der Waals surface area contributed by atoms with Crippen LogP contribution in [-0.4, -0.2) is 9.97 Å². The maximum atomic E-state index is 5.90. The summed E-state index contributed by atoms with van der Waals surface area (Å²) in [7, 11) is 0.